The highest BCUT2D eigenvalue weighted by molar-refractivity contribution is 7.15. The number of rotatable bonds is 7. The molecule has 1 N–H and O–H groups in total. The number of hydrogen-bond acceptors (Lipinski definition) is 4. The predicted octanol–water partition coefficient (Wildman–Crippen LogP) is 3.59. The highest BCUT2D eigenvalue weighted by Gasteiger charge is 2.13. The van der Waals surface area contributed by atoms with Crippen LogP contribution in [-0.2, 0) is 13.1 Å². The molecule has 2 rings (SSSR count). The Bertz CT molecular complexity index is 522. The van der Waals surface area contributed by atoms with Gasteiger partial charge in [-0.2, -0.15) is 0 Å². The topological polar surface area (TPSA) is 28.2 Å². The van der Waals surface area contributed by atoms with Gasteiger partial charge in [-0.1, -0.05) is 37.3 Å². The zero-order chi connectivity index (χ0) is 14.4. The van der Waals surface area contributed by atoms with E-state index in [1.807, 2.05) is 0 Å². The lowest BCUT2D eigenvalue weighted by Crippen LogP contribution is -2.21. The molecule has 2 aromatic rings. The van der Waals surface area contributed by atoms with Gasteiger partial charge in [0.25, 0.3) is 0 Å². The van der Waals surface area contributed by atoms with Gasteiger partial charge in [-0.15, -0.1) is 11.3 Å². The van der Waals surface area contributed by atoms with E-state index >= 15 is 0 Å². The van der Waals surface area contributed by atoms with Crippen molar-refractivity contribution in [3.63, 3.8) is 0 Å². The molecular weight excluding hydrogens is 266 g/mol. The second kappa shape index (κ2) is 7.41. The molecule has 4 heteroatoms. The summed E-state index contributed by atoms with van der Waals surface area (Å²) in [5.41, 5.74) is 2.48. The van der Waals surface area contributed by atoms with Crippen molar-refractivity contribution < 1.29 is 0 Å². The van der Waals surface area contributed by atoms with Crippen LogP contribution in [0.15, 0.2) is 30.3 Å². The molecule has 0 spiro atoms. The van der Waals surface area contributed by atoms with Gasteiger partial charge in [0.15, 0.2) is 5.13 Å². The molecule has 0 saturated carbocycles. The highest BCUT2D eigenvalue weighted by atomic mass is 32.1. The van der Waals surface area contributed by atoms with Gasteiger partial charge < -0.3 is 10.2 Å². The largest absolute Gasteiger partial charge is 0.344 e. The summed E-state index contributed by atoms with van der Waals surface area (Å²) < 4.78 is 0. The molecule has 0 amide bonds. The molecule has 0 aliphatic heterocycles. The van der Waals surface area contributed by atoms with E-state index < -0.39 is 0 Å². The molecule has 1 heterocycles. The summed E-state index contributed by atoms with van der Waals surface area (Å²) in [5.74, 6) is 0. The standard InChI is InChI=1S/C16H23N3S/c1-4-17-11-15-13(3)18-16(20-15)19(5-2)12-14-9-7-6-8-10-14/h6-10,17H,4-5,11-12H2,1-3H3. The Hall–Kier alpha value is -1.39. The minimum Gasteiger partial charge on any atom is -0.344 e. The van der Waals surface area contributed by atoms with Gasteiger partial charge in [0.05, 0.1) is 5.69 Å². The third-order valence-corrected chi connectivity index (χ3v) is 4.50. The number of anilines is 1. The van der Waals surface area contributed by atoms with Crippen LogP contribution in [0.5, 0.6) is 0 Å². The molecule has 0 unspecified atom stereocenters. The Labute approximate surface area is 125 Å². The summed E-state index contributed by atoms with van der Waals surface area (Å²) in [4.78, 5) is 8.41. The predicted molar refractivity (Wildman–Crippen MR) is 87.4 cm³/mol. The first-order valence-corrected chi connectivity index (χ1v) is 8.02. The molecule has 0 aliphatic rings. The second-order valence-electron chi connectivity index (χ2n) is 4.79. The van der Waals surface area contributed by atoms with Gasteiger partial charge in [-0.3, -0.25) is 0 Å². The monoisotopic (exact) mass is 289 g/mol. The maximum Gasteiger partial charge on any atom is 0.186 e. The molecule has 0 bridgehead atoms. The molecule has 0 radical (unpaired) electrons. The fourth-order valence-corrected chi connectivity index (χ4v) is 3.16. The smallest absolute Gasteiger partial charge is 0.186 e. The first-order valence-electron chi connectivity index (χ1n) is 7.20. The van der Waals surface area contributed by atoms with Crippen LogP contribution in [0.4, 0.5) is 5.13 Å². The lowest BCUT2D eigenvalue weighted by atomic mass is 10.2. The van der Waals surface area contributed by atoms with E-state index in [-0.39, 0.29) is 0 Å². The Balaban J connectivity index is 2.11. The summed E-state index contributed by atoms with van der Waals surface area (Å²) in [6.45, 7) is 10.2. The third-order valence-electron chi connectivity index (χ3n) is 3.29. The molecule has 1 aromatic carbocycles. The van der Waals surface area contributed by atoms with Crippen LogP contribution in [-0.4, -0.2) is 18.1 Å². The molecule has 20 heavy (non-hydrogen) atoms. The number of aryl methyl sites for hydroxylation is 1. The minimum absolute atomic E-state index is 0.920. The second-order valence-corrected chi connectivity index (χ2v) is 5.85. The van der Waals surface area contributed by atoms with Gasteiger partial charge in [-0.25, -0.2) is 4.98 Å². The average molecular weight is 289 g/mol. The number of benzene rings is 1. The molecule has 108 valence electrons. The first kappa shape index (κ1) is 15.0. The zero-order valence-corrected chi connectivity index (χ0v) is 13.3. The Kier molecular flexibility index (Phi) is 5.56. The average Bonchev–Trinajstić information content (AvgIpc) is 2.84. The zero-order valence-electron chi connectivity index (χ0n) is 12.5. The van der Waals surface area contributed by atoms with E-state index in [9.17, 15) is 0 Å². The van der Waals surface area contributed by atoms with Gasteiger partial charge in [-0.05, 0) is 26.0 Å². The number of hydrogen-bond donors (Lipinski definition) is 1. The lowest BCUT2D eigenvalue weighted by molar-refractivity contribution is 0.730. The summed E-state index contributed by atoms with van der Waals surface area (Å²) in [5, 5.41) is 4.50. The number of nitrogens with one attached hydrogen (secondary N) is 1. The van der Waals surface area contributed by atoms with Crippen molar-refractivity contribution in [3.8, 4) is 0 Å². The van der Waals surface area contributed by atoms with Crippen molar-refractivity contribution in [3.05, 3.63) is 46.5 Å². The van der Waals surface area contributed by atoms with E-state index in [1.54, 1.807) is 11.3 Å². The fourth-order valence-electron chi connectivity index (χ4n) is 2.07. The normalized spacial score (nSPS) is 10.8. The molecule has 0 fully saturated rings. The molecule has 0 atom stereocenters. The van der Waals surface area contributed by atoms with Crippen molar-refractivity contribution in [2.45, 2.75) is 33.9 Å². The van der Waals surface area contributed by atoms with Crippen LogP contribution in [0.2, 0.25) is 0 Å². The molecule has 3 nitrogen and oxygen atoms in total. The molecular formula is C16H23N3S. The van der Waals surface area contributed by atoms with E-state index in [0.29, 0.717) is 0 Å². The summed E-state index contributed by atoms with van der Waals surface area (Å²) in [6, 6.07) is 10.6. The van der Waals surface area contributed by atoms with Crippen molar-refractivity contribution in [1.29, 1.82) is 0 Å². The van der Waals surface area contributed by atoms with Crippen LogP contribution in [0, 0.1) is 6.92 Å². The van der Waals surface area contributed by atoms with E-state index in [4.69, 9.17) is 4.98 Å². The van der Waals surface area contributed by atoms with Crippen LogP contribution >= 0.6 is 11.3 Å². The van der Waals surface area contributed by atoms with E-state index in [2.05, 4.69) is 61.3 Å². The Morgan fingerprint density at radius 3 is 2.60 bits per heavy atom. The van der Waals surface area contributed by atoms with Crippen LogP contribution in [0.3, 0.4) is 0 Å². The van der Waals surface area contributed by atoms with Gasteiger partial charge in [0, 0.05) is 24.5 Å². The van der Waals surface area contributed by atoms with Gasteiger partial charge in [0.1, 0.15) is 0 Å². The maximum absolute atomic E-state index is 4.74. The number of aromatic nitrogens is 1. The van der Waals surface area contributed by atoms with Crippen LogP contribution < -0.4 is 10.2 Å². The first-order chi connectivity index (χ1) is 9.74. The quantitative estimate of drug-likeness (QED) is 0.844. The van der Waals surface area contributed by atoms with Crippen molar-refractivity contribution >= 4 is 16.5 Å². The molecule has 0 saturated heterocycles. The number of thiazole rings is 1. The van der Waals surface area contributed by atoms with E-state index in [1.165, 1.54) is 10.4 Å². The molecule has 1 aromatic heterocycles. The van der Waals surface area contributed by atoms with Crippen molar-refractivity contribution in [2.24, 2.45) is 0 Å². The van der Waals surface area contributed by atoms with Crippen LogP contribution in [0.25, 0.3) is 0 Å². The Morgan fingerprint density at radius 2 is 1.95 bits per heavy atom. The van der Waals surface area contributed by atoms with Crippen molar-refractivity contribution in [1.82, 2.24) is 10.3 Å². The summed E-state index contributed by atoms with van der Waals surface area (Å²) >= 11 is 1.80. The van der Waals surface area contributed by atoms with Gasteiger partial charge >= 0.3 is 0 Å². The Morgan fingerprint density at radius 1 is 1.20 bits per heavy atom. The van der Waals surface area contributed by atoms with Crippen molar-refractivity contribution in [2.75, 3.05) is 18.0 Å². The third kappa shape index (κ3) is 3.81. The van der Waals surface area contributed by atoms with Gasteiger partial charge in [0.2, 0.25) is 0 Å². The lowest BCUT2D eigenvalue weighted by Gasteiger charge is -2.19. The fraction of sp³-hybridized carbons (Fsp3) is 0.438. The SMILES string of the molecule is CCNCc1sc(N(CC)Cc2ccccc2)nc1C. The highest BCUT2D eigenvalue weighted by Crippen LogP contribution is 2.27. The maximum atomic E-state index is 4.74. The minimum atomic E-state index is 0.920. The molecule has 0 aliphatic carbocycles. The van der Waals surface area contributed by atoms with E-state index in [0.717, 1.165) is 37.0 Å². The van der Waals surface area contributed by atoms with Crippen LogP contribution in [0.1, 0.15) is 30.0 Å². The number of nitrogens with zero attached hydrogens (tertiary/aromatic N) is 2. The summed E-state index contributed by atoms with van der Waals surface area (Å²) in [6.07, 6.45) is 0. The summed E-state index contributed by atoms with van der Waals surface area (Å²) in [7, 11) is 0.